The molecule has 0 aliphatic carbocycles. The second kappa shape index (κ2) is 21.1. The number of sulfone groups is 1. The predicted octanol–water partition coefficient (Wildman–Crippen LogP) is 8.26. The quantitative estimate of drug-likeness (QED) is 0.0729. The van der Waals surface area contributed by atoms with Gasteiger partial charge in [0.15, 0.2) is 0 Å². The van der Waals surface area contributed by atoms with Crippen LogP contribution >= 0.6 is 23.4 Å². The molecule has 3 aliphatic heterocycles. The average molecular weight is 1000 g/mol. The standard InChI is InChI=1S/C47H53ClF4N8O4S3/c1-57-24-26-58(27-25-57)20-16-36(31-65-44-9-5-4-8-41(44)49)55-42-15-14-38(28-45(42)66(61,62)47(50,51)52)67(63,64)56-46-40-19-23-60(30-43(40)53-32-54-46)37-17-21-59(22-18-37)29-34-6-2-3-7-39(34)33-10-12-35(48)13-11-33/h2-15,28,32,36-37,55H,16-27,29-31H2,1H3,(H,53,54,56)/t36-/m1/s1. The lowest BCUT2D eigenvalue weighted by molar-refractivity contribution is -0.0435. The van der Waals surface area contributed by atoms with Crippen LogP contribution in [0.1, 0.15) is 36.1 Å². The predicted molar refractivity (Wildman–Crippen MR) is 255 cm³/mol. The third kappa shape index (κ3) is 11.9. The zero-order chi connectivity index (χ0) is 47.3. The van der Waals surface area contributed by atoms with Crippen molar-refractivity contribution in [2.24, 2.45) is 0 Å². The molecule has 0 amide bonds. The third-order valence-electron chi connectivity index (χ3n) is 12.8. The Labute approximate surface area is 399 Å². The van der Waals surface area contributed by atoms with Crippen LogP contribution in [0.4, 0.5) is 29.1 Å². The summed E-state index contributed by atoms with van der Waals surface area (Å²) in [7, 11) is -8.72. The molecule has 20 heteroatoms. The van der Waals surface area contributed by atoms with Gasteiger partial charge in [-0.25, -0.2) is 31.2 Å². The van der Waals surface area contributed by atoms with Gasteiger partial charge in [-0.05, 0) is 105 Å². The second-order valence-electron chi connectivity index (χ2n) is 17.3. The molecule has 4 aromatic carbocycles. The average Bonchev–Trinajstić information content (AvgIpc) is 3.31. The van der Waals surface area contributed by atoms with Gasteiger partial charge in [0.05, 0.1) is 16.3 Å². The highest BCUT2D eigenvalue weighted by atomic mass is 35.5. The highest BCUT2D eigenvalue weighted by molar-refractivity contribution is 7.99. The van der Waals surface area contributed by atoms with E-state index in [1.54, 1.807) is 18.2 Å². The molecule has 67 heavy (non-hydrogen) atoms. The zero-order valence-electron chi connectivity index (χ0n) is 36.9. The van der Waals surface area contributed by atoms with Gasteiger partial charge < -0.3 is 15.1 Å². The SMILES string of the molecule is CN1CCN(CC[C@H](CSc2ccccc2F)Nc2ccc(S(=O)(=O)Nc3ncnc4c3CCN(C3CCN(Cc5ccccc5-c5ccc(Cl)cc5)CC3)C4)cc2S(=O)(=O)C(F)(F)F)CC1. The van der Waals surface area contributed by atoms with Crippen LogP contribution in [0.3, 0.4) is 0 Å². The van der Waals surface area contributed by atoms with E-state index in [0.717, 1.165) is 88.1 Å². The molecular weight excluding hydrogens is 948 g/mol. The lowest BCUT2D eigenvalue weighted by Gasteiger charge is -2.40. The van der Waals surface area contributed by atoms with Crippen molar-refractivity contribution in [3.8, 4) is 11.1 Å². The first-order chi connectivity index (χ1) is 32.0. The number of hydrogen-bond acceptors (Lipinski definition) is 12. The van der Waals surface area contributed by atoms with Crippen LogP contribution in [0.2, 0.25) is 5.02 Å². The van der Waals surface area contributed by atoms with E-state index in [2.05, 4.69) is 57.8 Å². The molecule has 12 nitrogen and oxygen atoms in total. The topological polar surface area (TPSA) is 131 Å². The van der Waals surface area contributed by atoms with Gasteiger partial charge in [-0.1, -0.05) is 60.1 Å². The number of benzene rings is 4. The van der Waals surface area contributed by atoms with Gasteiger partial charge in [-0.2, -0.15) is 13.2 Å². The minimum atomic E-state index is -6.07. The molecule has 3 aliphatic rings. The number of aromatic nitrogens is 2. The number of nitrogens with one attached hydrogen (secondary N) is 2. The van der Waals surface area contributed by atoms with Crippen LogP contribution in [-0.2, 0) is 39.4 Å². The molecule has 4 heterocycles. The normalized spacial score (nSPS) is 17.8. The fourth-order valence-corrected chi connectivity index (χ4v) is 12.2. The molecular formula is C47H53ClF4N8O4S3. The van der Waals surface area contributed by atoms with E-state index in [-0.39, 0.29) is 17.6 Å². The monoisotopic (exact) mass is 1000 g/mol. The highest BCUT2D eigenvalue weighted by Crippen LogP contribution is 2.38. The van der Waals surface area contributed by atoms with Crippen LogP contribution in [0.15, 0.2) is 112 Å². The Morgan fingerprint density at radius 3 is 2.30 bits per heavy atom. The lowest BCUT2D eigenvalue weighted by atomic mass is 9.96. The Morgan fingerprint density at radius 2 is 1.57 bits per heavy atom. The summed E-state index contributed by atoms with van der Waals surface area (Å²) >= 11 is 7.29. The van der Waals surface area contributed by atoms with Crippen molar-refractivity contribution >= 4 is 54.7 Å². The minimum Gasteiger partial charge on any atom is -0.380 e. The van der Waals surface area contributed by atoms with Crippen molar-refractivity contribution in [2.75, 3.05) is 75.2 Å². The number of halogens is 5. The van der Waals surface area contributed by atoms with Crippen molar-refractivity contribution in [1.82, 2.24) is 29.6 Å². The fraction of sp³-hybridized carbons (Fsp3) is 0.404. The smallest absolute Gasteiger partial charge is 0.380 e. The molecule has 0 radical (unpaired) electrons. The van der Waals surface area contributed by atoms with Gasteiger partial charge in [0.2, 0.25) is 0 Å². The third-order valence-corrected chi connectivity index (χ3v) is 17.1. The molecule has 2 N–H and O–H groups in total. The lowest BCUT2D eigenvalue weighted by Crippen LogP contribution is -2.46. The number of piperidine rings is 1. The van der Waals surface area contributed by atoms with Crippen LogP contribution < -0.4 is 10.0 Å². The number of piperazine rings is 1. The highest BCUT2D eigenvalue weighted by Gasteiger charge is 2.48. The molecule has 0 bridgehead atoms. The van der Waals surface area contributed by atoms with E-state index in [9.17, 15) is 34.4 Å². The molecule has 1 aromatic heterocycles. The summed E-state index contributed by atoms with van der Waals surface area (Å²) in [6, 6.07) is 24.6. The summed E-state index contributed by atoms with van der Waals surface area (Å²) in [6.07, 6.45) is 3.90. The van der Waals surface area contributed by atoms with Gasteiger partial charge in [0.1, 0.15) is 22.9 Å². The molecule has 5 aromatic rings. The number of alkyl halides is 3. The molecule has 1 atom stereocenters. The Balaban J connectivity index is 0.957. The summed E-state index contributed by atoms with van der Waals surface area (Å²) in [4.78, 5) is 16.3. The number of thioether (sulfide) groups is 1. The molecule has 0 spiro atoms. The van der Waals surface area contributed by atoms with Crippen LogP contribution in [0.25, 0.3) is 11.1 Å². The van der Waals surface area contributed by atoms with Gasteiger partial charge in [0.25, 0.3) is 19.9 Å². The van der Waals surface area contributed by atoms with Gasteiger partial charge in [-0.15, -0.1) is 11.8 Å². The van der Waals surface area contributed by atoms with Crippen LogP contribution in [0.5, 0.6) is 0 Å². The summed E-state index contributed by atoms with van der Waals surface area (Å²) in [6.45, 7) is 7.41. The maximum atomic E-state index is 14.6. The summed E-state index contributed by atoms with van der Waals surface area (Å²) in [5.41, 5.74) is -1.44. The van der Waals surface area contributed by atoms with E-state index >= 15 is 0 Å². The maximum absolute atomic E-state index is 14.6. The summed E-state index contributed by atoms with van der Waals surface area (Å²) in [5, 5.41) is 3.67. The second-order valence-corrected chi connectivity index (χ2v) is 22.4. The van der Waals surface area contributed by atoms with E-state index in [0.29, 0.717) is 59.7 Å². The van der Waals surface area contributed by atoms with Gasteiger partial charge in [-0.3, -0.25) is 14.5 Å². The first-order valence-corrected chi connectivity index (χ1v) is 26.5. The molecule has 0 saturated carbocycles. The number of likely N-dealkylation sites (N-methyl/N-ethyl adjacent to an activating group) is 1. The number of likely N-dealkylation sites (tertiary alicyclic amines) is 1. The first kappa shape index (κ1) is 49.1. The van der Waals surface area contributed by atoms with Crippen LogP contribution in [-0.4, -0.2) is 129 Å². The Hall–Kier alpha value is -4.34. The van der Waals surface area contributed by atoms with Gasteiger partial charge in [0, 0.05) is 85.7 Å². The number of nitrogens with zero attached hydrogens (tertiary/aromatic N) is 6. The molecule has 358 valence electrons. The molecule has 2 saturated heterocycles. The Morgan fingerprint density at radius 1 is 0.851 bits per heavy atom. The Bertz CT molecular complexity index is 2740. The minimum absolute atomic E-state index is 0.0182. The first-order valence-electron chi connectivity index (χ1n) is 22.2. The number of anilines is 2. The van der Waals surface area contributed by atoms with E-state index in [1.807, 2.05) is 37.4 Å². The number of fused-ring (bicyclic) bond motifs is 1. The fourth-order valence-electron chi connectivity index (χ4n) is 8.93. The van der Waals surface area contributed by atoms with Crippen molar-refractivity contribution in [3.05, 3.63) is 125 Å². The van der Waals surface area contributed by atoms with E-state index in [4.69, 9.17) is 11.6 Å². The Kier molecular flexibility index (Phi) is 15.5. The number of hydrogen-bond donors (Lipinski definition) is 2. The number of rotatable bonds is 16. The van der Waals surface area contributed by atoms with Crippen molar-refractivity contribution in [3.63, 3.8) is 0 Å². The molecule has 0 unspecified atom stereocenters. The van der Waals surface area contributed by atoms with Crippen molar-refractivity contribution in [2.45, 2.75) is 71.1 Å². The van der Waals surface area contributed by atoms with Crippen molar-refractivity contribution < 1.29 is 34.4 Å². The largest absolute Gasteiger partial charge is 0.501 e. The van der Waals surface area contributed by atoms with Gasteiger partial charge >= 0.3 is 5.51 Å². The maximum Gasteiger partial charge on any atom is 0.501 e. The summed E-state index contributed by atoms with van der Waals surface area (Å²) < 4.78 is 114. The van der Waals surface area contributed by atoms with E-state index in [1.165, 1.54) is 23.5 Å². The van der Waals surface area contributed by atoms with Crippen molar-refractivity contribution in [1.29, 1.82) is 0 Å². The number of sulfonamides is 1. The zero-order valence-corrected chi connectivity index (χ0v) is 40.1. The molecule has 8 rings (SSSR count). The van der Waals surface area contributed by atoms with E-state index < -0.39 is 52.7 Å². The van der Waals surface area contributed by atoms with Crippen LogP contribution in [0, 0.1) is 5.82 Å². The molecule has 2 fully saturated rings. The summed E-state index contributed by atoms with van der Waals surface area (Å²) in [5.74, 6) is -0.302.